The highest BCUT2D eigenvalue weighted by Gasteiger charge is 2.76. The first-order valence-corrected chi connectivity index (χ1v) is 4.84. The average molecular weight is 198 g/mol. The number of hydrogen-bond acceptors (Lipinski definition) is 4. The van der Waals surface area contributed by atoms with Crippen LogP contribution in [0.3, 0.4) is 0 Å². The van der Waals surface area contributed by atoms with Crippen molar-refractivity contribution in [1.29, 1.82) is 0 Å². The first-order valence-electron chi connectivity index (χ1n) is 4.84. The molecule has 3 rings (SSSR count). The highest BCUT2D eigenvalue weighted by molar-refractivity contribution is 5.91. The number of methoxy groups -OCH3 is 1. The summed E-state index contributed by atoms with van der Waals surface area (Å²) < 4.78 is 9.64. The van der Waals surface area contributed by atoms with Gasteiger partial charge in [0.15, 0.2) is 0 Å². The molecule has 0 atom stereocenters. The van der Waals surface area contributed by atoms with Crippen LogP contribution in [0.25, 0.3) is 0 Å². The van der Waals surface area contributed by atoms with E-state index in [0.29, 0.717) is 25.9 Å². The molecule has 4 heteroatoms. The second-order valence-corrected chi connectivity index (χ2v) is 4.30. The van der Waals surface area contributed by atoms with Crippen LogP contribution in [0.5, 0.6) is 0 Å². The Morgan fingerprint density at radius 3 is 2.07 bits per heavy atom. The molecule has 0 aromatic rings. The van der Waals surface area contributed by atoms with Crippen molar-refractivity contribution in [2.45, 2.75) is 26.2 Å². The molecule has 3 aliphatic carbocycles. The molecule has 0 radical (unpaired) electrons. The Labute approximate surface area is 82.6 Å². The van der Waals surface area contributed by atoms with Crippen molar-refractivity contribution in [3.8, 4) is 0 Å². The minimum absolute atomic E-state index is 0.147. The predicted octanol–water partition coefficient (Wildman–Crippen LogP) is 0.893. The smallest absolute Gasteiger partial charge is 0.312 e. The van der Waals surface area contributed by atoms with E-state index in [1.807, 2.05) is 0 Å². The third-order valence-corrected chi connectivity index (χ3v) is 3.36. The second kappa shape index (κ2) is 2.72. The number of esters is 2. The maximum atomic E-state index is 11.5. The van der Waals surface area contributed by atoms with Crippen LogP contribution in [-0.4, -0.2) is 25.7 Å². The van der Waals surface area contributed by atoms with Crippen LogP contribution >= 0.6 is 0 Å². The standard InChI is InChI=1S/C10H14O4/c1-3-14-8(12)10-4-9(5-10,6-10)7(11)13-2/h3-6H2,1-2H3. The lowest BCUT2D eigenvalue weighted by molar-refractivity contribution is -0.235. The topological polar surface area (TPSA) is 52.6 Å². The molecule has 14 heavy (non-hydrogen) atoms. The van der Waals surface area contributed by atoms with Crippen molar-refractivity contribution < 1.29 is 19.1 Å². The van der Waals surface area contributed by atoms with Crippen molar-refractivity contribution in [3.05, 3.63) is 0 Å². The minimum atomic E-state index is -0.346. The average Bonchev–Trinajstić information content (AvgIpc) is 1.99. The van der Waals surface area contributed by atoms with Gasteiger partial charge in [0.05, 0.1) is 24.5 Å². The van der Waals surface area contributed by atoms with Crippen LogP contribution in [0.4, 0.5) is 0 Å². The molecule has 0 aliphatic heterocycles. The maximum Gasteiger partial charge on any atom is 0.312 e. The molecule has 2 bridgehead atoms. The van der Waals surface area contributed by atoms with E-state index in [-0.39, 0.29) is 22.8 Å². The van der Waals surface area contributed by atoms with Gasteiger partial charge in [-0.2, -0.15) is 0 Å². The van der Waals surface area contributed by atoms with Crippen molar-refractivity contribution in [1.82, 2.24) is 0 Å². The van der Waals surface area contributed by atoms with Crippen LogP contribution in [0.15, 0.2) is 0 Å². The lowest BCUT2D eigenvalue weighted by atomic mass is 9.35. The summed E-state index contributed by atoms with van der Waals surface area (Å²) in [6, 6.07) is 0. The van der Waals surface area contributed by atoms with Gasteiger partial charge in [0.1, 0.15) is 0 Å². The van der Waals surface area contributed by atoms with E-state index in [9.17, 15) is 9.59 Å². The maximum absolute atomic E-state index is 11.5. The fourth-order valence-corrected chi connectivity index (χ4v) is 2.72. The second-order valence-electron chi connectivity index (χ2n) is 4.30. The molecule has 0 aromatic carbocycles. The van der Waals surface area contributed by atoms with Gasteiger partial charge in [-0.3, -0.25) is 9.59 Å². The lowest BCUT2D eigenvalue weighted by Gasteiger charge is -2.66. The van der Waals surface area contributed by atoms with Gasteiger partial charge in [-0.1, -0.05) is 0 Å². The van der Waals surface area contributed by atoms with Gasteiger partial charge in [-0.25, -0.2) is 0 Å². The first-order chi connectivity index (χ1) is 6.58. The van der Waals surface area contributed by atoms with E-state index in [4.69, 9.17) is 4.74 Å². The Balaban J connectivity index is 1.94. The summed E-state index contributed by atoms with van der Waals surface area (Å²) in [5.74, 6) is -0.325. The number of ether oxygens (including phenoxy) is 2. The summed E-state index contributed by atoms with van der Waals surface area (Å²) in [6.45, 7) is 2.20. The van der Waals surface area contributed by atoms with Crippen molar-refractivity contribution in [2.75, 3.05) is 13.7 Å². The Hall–Kier alpha value is -1.06. The molecule has 3 fully saturated rings. The fourth-order valence-electron chi connectivity index (χ4n) is 2.72. The molecular weight excluding hydrogens is 184 g/mol. The Bertz CT molecular complexity index is 275. The summed E-state index contributed by atoms with van der Waals surface area (Å²) in [5.41, 5.74) is -0.689. The van der Waals surface area contributed by atoms with Crippen LogP contribution in [0.1, 0.15) is 26.2 Å². The molecule has 0 N–H and O–H groups in total. The van der Waals surface area contributed by atoms with Gasteiger partial charge in [0, 0.05) is 0 Å². The normalized spacial score (nSPS) is 37.9. The largest absolute Gasteiger partial charge is 0.469 e. The summed E-state index contributed by atoms with van der Waals surface area (Å²) in [5, 5.41) is 0. The number of rotatable bonds is 3. The van der Waals surface area contributed by atoms with Gasteiger partial charge < -0.3 is 9.47 Å². The zero-order chi connectivity index (χ0) is 10.4. The molecule has 0 aromatic heterocycles. The molecule has 4 nitrogen and oxygen atoms in total. The number of carbonyl (C=O) groups excluding carboxylic acids is 2. The Morgan fingerprint density at radius 1 is 1.14 bits per heavy atom. The van der Waals surface area contributed by atoms with E-state index in [2.05, 4.69) is 4.74 Å². The van der Waals surface area contributed by atoms with E-state index in [0.717, 1.165) is 0 Å². The van der Waals surface area contributed by atoms with Crippen molar-refractivity contribution in [3.63, 3.8) is 0 Å². The van der Waals surface area contributed by atoms with E-state index < -0.39 is 0 Å². The van der Waals surface area contributed by atoms with Gasteiger partial charge in [-0.05, 0) is 26.2 Å². The van der Waals surface area contributed by atoms with Gasteiger partial charge in [0.2, 0.25) is 0 Å². The monoisotopic (exact) mass is 198 g/mol. The highest BCUT2D eigenvalue weighted by atomic mass is 16.5. The van der Waals surface area contributed by atoms with Crippen LogP contribution < -0.4 is 0 Å². The summed E-state index contributed by atoms with van der Waals surface area (Å²) >= 11 is 0. The molecule has 0 amide bonds. The first kappa shape index (κ1) is 9.49. The minimum Gasteiger partial charge on any atom is -0.469 e. The van der Waals surface area contributed by atoms with Gasteiger partial charge >= 0.3 is 11.9 Å². The molecule has 78 valence electrons. The molecular formula is C10H14O4. The molecule has 3 saturated carbocycles. The SMILES string of the molecule is CCOC(=O)C12CC(C(=O)OC)(C1)C2. The molecule has 0 heterocycles. The Morgan fingerprint density at radius 2 is 1.64 bits per heavy atom. The quantitative estimate of drug-likeness (QED) is 0.632. The molecule has 0 unspecified atom stereocenters. The van der Waals surface area contributed by atoms with E-state index in [1.54, 1.807) is 6.92 Å². The Kier molecular flexibility index (Phi) is 1.84. The highest BCUT2D eigenvalue weighted by Crippen LogP contribution is 2.74. The van der Waals surface area contributed by atoms with E-state index >= 15 is 0 Å². The zero-order valence-corrected chi connectivity index (χ0v) is 8.46. The summed E-state index contributed by atoms with van der Waals surface area (Å²) in [6.07, 6.45) is 1.85. The fraction of sp³-hybridized carbons (Fsp3) is 0.800. The van der Waals surface area contributed by atoms with Crippen LogP contribution in [-0.2, 0) is 19.1 Å². The third kappa shape index (κ3) is 0.938. The van der Waals surface area contributed by atoms with E-state index in [1.165, 1.54) is 7.11 Å². The predicted molar refractivity (Wildman–Crippen MR) is 47.4 cm³/mol. The molecule has 0 spiro atoms. The van der Waals surface area contributed by atoms with Crippen molar-refractivity contribution >= 4 is 11.9 Å². The number of carbonyl (C=O) groups is 2. The van der Waals surface area contributed by atoms with Crippen LogP contribution in [0.2, 0.25) is 0 Å². The lowest BCUT2D eigenvalue weighted by Crippen LogP contribution is -2.69. The summed E-state index contributed by atoms with van der Waals surface area (Å²) in [4.78, 5) is 22.8. The number of hydrogen-bond donors (Lipinski definition) is 0. The van der Waals surface area contributed by atoms with Crippen LogP contribution in [0, 0.1) is 10.8 Å². The third-order valence-electron chi connectivity index (χ3n) is 3.36. The zero-order valence-electron chi connectivity index (χ0n) is 8.46. The molecule has 3 aliphatic rings. The molecule has 0 saturated heterocycles. The summed E-state index contributed by atoms with van der Waals surface area (Å²) in [7, 11) is 1.39. The van der Waals surface area contributed by atoms with Gasteiger partial charge in [-0.15, -0.1) is 0 Å². The van der Waals surface area contributed by atoms with Gasteiger partial charge in [0.25, 0.3) is 0 Å². The van der Waals surface area contributed by atoms with Crippen molar-refractivity contribution in [2.24, 2.45) is 10.8 Å².